The fourth-order valence-electron chi connectivity index (χ4n) is 3.19. The van der Waals surface area contributed by atoms with Crippen LogP contribution in [0, 0.1) is 0 Å². The summed E-state index contributed by atoms with van der Waals surface area (Å²) in [5, 5.41) is 0.961. The van der Waals surface area contributed by atoms with Crippen molar-refractivity contribution in [3.63, 3.8) is 0 Å². The summed E-state index contributed by atoms with van der Waals surface area (Å²) >= 11 is 0. The van der Waals surface area contributed by atoms with E-state index < -0.39 is 5.97 Å². The predicted octanol–water partition coefficient (Wildman–Crippen LogP) is 4.23. The van der Waals surface area contributed by atoms with Gasteiger partial charge in [0.1, 0.15) is 17.2 Å². The molecule has 0 aliphatic heterocycles. The van der Waals surface area contributed by atoms with Gasteiger partial charge in [0.05, 0.1) is 19.8 Å². The first-order valence-electron chi connectivity index (χ1n) is 9.26. The van der Waals surface area contributed by atoms with Gasteiger partial charge in [-0.05, 0) is 54.6 Å². The molecule has 1 heterocycles. The zero-order valence-electron chi connectivity index (χ0n) is 16.5. The molecule has 0 saturated carbocycles. The highest BCUT2D eigenvalue weighted by Crippen LogP contribution is 2.22. The number of carbonyl (C=O) groups excluding carboxylic acids is 1. The van der Waals surface area contributed by atoms with Gasteiger partial charge in [-0.15, -0.1) is 0 Å². The molecule has 0 atom stereocenters. The maximum absolute atomic E-state index is 13.1. The molecule has 150 valence electrons. The number of pyridine rings is 1. The number of ether oxygens (including phenoxy) is 3. The predicted molar refractivity (Wildman–Crippen MR) is 114 cm³/mol. The quantitative estimate of drug-likeness (QED) is 0.370. The van der Waals surface area contributed by atoms with Gasteiger partial charge in [0.2, 0.25) is 0 Å². The average Bonchev–Trinajstić information content (AvgIpc) is 2.80. The van der Waals surface area contributed by atoms with E-state index in [0.29, 0.717) is 33.7 Å². The maximum atomic E-state index is 13.1. The Morgan fingerprint density at radius 3 is 1.87 bits per heavy atom. The molecule has 0 bridgehead atoms. The van der Waals surface area contributed by atoms with Crippen LogP contribution in [0.2, 0.25) is 0 Å². The molecule has 30 heavy (non-hydrogen) atoms. The highest BCUT2D eigenvalue weighted by molar-refractivity contribution is 6.04. The lowest BCUT2D eigenvalue weighted by atomic mass is 10.1. The summed E-state index contributed by atoms with van der Waals surface area (Å²) in [6.45, 7) is 0. The second-order valence-corrected chi connectivity index (χ2v) is 6.53. The van der Waals surface area contributed by atoms with E-state index in [1.54, 1.807) is 87.0 Å². The van der Waals surface area contributed by atoms with Crippen LogP contribution < -0.4 is 19.8 Å². The van der Waals surface area contributed by atoms with Crippen LogP contribution in [-0.4, -0.2) is 24.8 Å². The van der Waals surface area contributed by atoms with Crippen LogP contribution in [0.3, 0.4) is 0 Å². The van der Waals surface area contributed by atoms with Crippen LogP contribution in [0.25, 0.3) is 16.5 Å². The van der Waals surface area contributed by atoms with Crippen molar-refractivity contribution in [2.24, 2.45) is 0 Å². The summed E-state index contributed by atoms with van der Waals surface area (Å²) in [5.41, 5.74) is 0.679. The first kappa shape index (κ1) is 19.3. The number of hydrogen-bond acceptors (Lipinski definition) is 5. The molecule has 4 rings (SSSR count). The van der Waals surface area contributed by atoms with E-state index >= 15 is 0 Å². The van der Waals surface area contributed by atoms with E-state index in [0.717, 1.165) is 0 Å². The van der Waals surface area contributed by atoms with Crippen LogP contribution in [0.15, 0.2) is 83.8 Å². The van der Waals surface area contributed by atoms with Gasteiger partial charge in [-0.2, -0.15) is 0 Å². The molecule has 6 nitrogen and oxygen atoms in total. The SMILES string of the molecule is COc1ccc(OC(=O)c2cn(-c3ccc(OC)cc3)c(=O)c3ccccc23)cc1. The number of fused-ring (bicyclic) bond motifs is 1. The maximum Gasteiger partial charge on any atom is 0.345 e. The Morgan fingerprint density at radius 2 is 1.27 bits per heavy atom. The van der Waals surface area contributed by atoms with Gasteiger partial charge in [-0.25, -0.2) is 4.79 Å². The number of benzene rings is 3. The zero-order valence-corrected chi connectivity index (χ0v) is 16.5. The van der Waals surface area contributed by atoms with Crippen molar-refractivity contribution < 1.29 is 19.0 Å². The molecule has 0 unspecified atom stereocenters. The second kappa shape index (κ2) is 8.13. The van der Waals surface area contributed by atoms with Crippen molar-refractivity contribution >= 4 is 16.7 Å². The first-order valence-corrected chi connectivity index (χ1v) is 9.26. The first-order chi connectivity index (χ1) is 14.6. The minimum atomic E-state index is -0.557. The monoisotopic (exact) mass is 401 g/mol. The summed E-state index contributed by atoms with van der Waals surface area (Å²) in [4.78, 5) is 26.0. The number of nitrogens with zero attached hydrogens (tertiary/aromatic N) is 1. The minimum absolute atomic E-state index is 0.225. The molecule has 3 aromatic carbocycles. The zero-order chi connectivity index (χ0) is 21.1. The van der Waals surface area contributed by atoms with E-state index in [1.165, 1.54) is 10.8 Å². The molecule has 0 fully saturated rings. The van der Waals surface area contributed by atoms with Gasteiger partial charge in [0.15, 0.2) is 0 Å². The molecule has 0 spiro atoms. The number of hydrogen-bond donors (Lipinski definition) is 0. The molecule has 1 aromatic heterocycles. The summed E-state index contributed by atoms with van der Waals surface area (Å²) in [5.74, 6) is 1.16. The van der Waals surface area contributed by atoms with E-state index in [1.807, 2.05) is 0 Å². The van der Waals surface area contributed by atoms with Crippen LogP contribution in [-0.2, 0) is 0 Å². The molecule has 0 N–H and O–H groups in total. The van der Waals surface area contributed by atoms with E-state index in [2.05, 4.69) is 0 Å². The molecule has 0 saturated heterocycles. The molecular weight excluding hydrogens is 382 g/mol. The minimum Gasteiger partial charge on any atom is -0.497 e. The number of aromatic nitrogens is 1. The van der Waals surface area contributed by atoms with Gasteiger partial charge < -0.3 is 14.2 Å². The van der Waals surface area contributed by atoms with Crippen molar-refractivity contribution in [2.45, 2.75) is 0 Å². The fraction of sp³-hybridized carbons (Fsp3) is 0.0833. The molecule has 0 aliphatic carbocycles. The largest absolute Gasteiger partial charge is 0.497 e. The number of methoxy groups -OCH3 is 2. The van der Waals surface area contributed by atoms with Gasteiger partial charge in [-0.3, -0.25) is 9.36 Å². The lowest BCUT2D eigenvalue weighted by Gasteiger charge is -2.13. The van der Waals surface area contributed by atoms with Crippen molar-refractivity contribution in [3.8, 4) is 22.9 Å². The van der Waals surface area contributed by atoms with Gasteiger partial charge in [-0.1, -0.05) is 18.2 Å². The summed E-state index contributed by atoms with van der Waals surface area (Å²) < 4.78 is 17.3. The third-order valence-corrected chi connectivity index (χ3v) is 4.77. The van der Waals surface area contributed by atoms with Crippen LogP contribution in [0.4, 0.5) is 0 Å². The van der Waals surface area contributed by atoms with E-state index in [9.17, 15) is 9.59 Å². The Balaban J connectivity index is 1.80. The second-order valence-electron chi connectivity index (χ2n) is 6.53. The number of esters is 1. The van der Waals surface area contributed by atoms with Crippen LogP contribution in [0.5, 0.6) is 17.2 Å². The number of carbonyl (C=O) groups is 1. The van der Waals surface area contributed by atoms with E-state index in [4.69, 9.17) is 14.2 Å². The van der Waals surface area contributed by atoms with Gasteiger partial charge in [0, 0.05) is 22.7 Å². The average molecular weight is 401 g/mol. The smallest absolute Gasteiger partial charge is 0.345 e. The van der Waals surface area contributed by atoms with Crippen molar-refractivity contribution in [2.75, 3.05) is 14.2 Å². The fourth-order valence-corrected chi connectivity index (χ4v) is 3.19. The molecular formula is C24H19NO5. The van der Waals surface area contributed by atoms with E-state index in [-0.39, 0.29) is 11.1 Å². The standard InChI is InChI=1S/C24H19NO5/c1-28-17-9-7-16(8-10-17)25-15-22(20-5-3-4-6-21(20)23(25)26)24(27)30-19-13-11-18(29-2)12-14-19/h3-15H,1-2H3. The van der Waals surface area contributed by atoms with Gasteiger partial charge in [0.25, 0.3) is 5.56 Å². The Labute approximate surface area is 172 Å². The lowest BCUT2D eigenvalue weighted by Crippen LogP contribution is -2.22. The summed E-state index contributed by atoms with van der Waals surface area (Å²) in [6, 6.07) is 20.7. The summed E-state index contributed by atoms with van der Waals surface area (Å²) in [7, 11) is 3.14. The highest BCUT2D eigenvalue weighted by atomic mass is 16.5. The molecule has 6 heteroatoms. The van der Waals surface area contributed by atoms with Crippen molar-refractivity contribution in [1.29, 1.82) is 0 Å². The highest BCUT2D eigenvalue weighted by Gasteiger charge is 2.17. The third-order valence-electron chi connectivity index (χ3n) is 4.77. The van der Waals surface area contributed by atoms with Crippen LogP contribution >= 0.6 is 0 Å². The Hall–Kier alpha value is -4.06. The Bertz CT molecular complexity index is 1260. The molecule has 4 aromatic rings. The Kier molecular flexibility index (Phi) is 5.22. The normalized spacial score (nSPS) is 10.6. The molecule has 0 amide bonds. The van der Waals surface area contributed by atoms with Gasteiger partial charge >= 0.3 is 5.97 Å². The Morgan fingerprint density at radius 1 is 0.733 bits per heavy atom. The lowest BCUT2D eigenvalue weighted by molar-refractivity contribution is 0.0736. The van der Waals surface area contributed by atoms with Crippen molar-refractivity contribution in [1.82, 2.24) is 4.57 Å². The topological polar surface area (TPSA) is 66.8 Å². The van der Waals surface area contributed by atoms with Crippen LogP contribution in [0.1, 0.15) is 10.4 Å². The number of rotatable bonds is 5. The third kappa shape index (κ3) is 3.63. The molecule has 0 radical (unpaired) electrons. The summed E-state index contributed by atoms with van der Waals surface area (Å²) in [6.07, 6.45) is 1.51. The molecule has 0 aliphatic rings. The van der Waals surface area contributed by atoms with Crippen molar-refractivity contribution in [3.05, 3.63) is 94.9 Å².